The number of nitrogens with zero attached hydrogens (tertiary/aromatic N) is 2. The number of sulfonamides is 1. The average Bonchev–Trinajstić information content (AvgIpc) is 2.96. The summed E-state index contributed by atoms with van der Waals surface area (Å²) >= 11 is 5.90. The topological polar surface area (TPSA) is 66.1 Å². The van der Waals surface area contributed by atoms with Crippen molar-refractivity contribution >= 4 is 21.6 Å². The maximum atomic E-state index is 13.3. The Labute approximate surface area is 140 Å². The molecule has 2 unspecified atom stereocenters. The minimum Gasteiger partial charge on any atom is -0.282 e. The first-order chi connectivity index (χ1) is 10.9. The smallest absolute Gasteiger partial charge is 0.244 e. The van der Waals surface area contributed by atoms with Crippen molar-refractivity contribution in [3.8, 4) is 0 Å². The van der Waals surface area contributed by atoms with Crippen LogP contribution in [0, 0.1) is 0 Å². The fourth-order valence-electron chi connectivity index (χ4n) is 4.10. The van der Waals surface area contributed by atoms with Crippen molar-refractivity contribution in [1.29, 1.82) is 0 Å². The average molecular weight is 352 g/mol. The first kappa shape index (κ1) is 15.2. The van der Waals surface area contributed by atoms with Crippen LogP contribution < -0.4 is 0 Å². The van der Waals surface area contributed by atoms with Crippen molar-refractivity contribution in [1.82, 2.24) is 14.5 Å². The zero-order chi connectivity index (χ0) is 16.2. The summed E-state index contributed by atoms with van der Waals surface area (Å²) in [6.07, 6.45) is 5.18. The van der Waals surface area contributed by atoms with Crippen molar-refractivity contribution in [3.63, 3.8) is 0 Å². The lowest BCUT2D eigenvalue weighted by atomic mass is 9.76. The highest BCUT2D eigenvalue weighted by molar-refractivity contribution is 7.89. The van der Waals surface area contributed by atoms with Crippen LogP contribution in [0.25, 0.3) is 0 Å². The Kier molecular flexibility index (Phi) is 3.34. The third-order valence-corrected chi connectivity index (χ3v) is 7.47. The van der Waals surface area contributed by atoms with Crippen LogP contribution in [0.5, 0.6) is 0 Å². The van der Waals surface area contributed by atoms with Gasteiger partial charge in [0.1, 0.15) is 0 Å². The van der Waals surface area contributed by atoms with E-state index >= 15 is 0 Å². The minimum absolute atomic E-state index is 0.0256. The molecule has 0 radical (unpaired) electrons. The normalized spacial score (nSPS) is 27.7. The Morgan fingerprint density at radius 1 is 1.35 bits per heavy atom. The molecule has 2 aliphatic heterocycles. The molecule has 2 atom stereocenters. The Hall–Kier alpha value is -1.37. The van der Waals surface area contributed by atoms with Crippen LogP contribution in [0.1, 0.15) is 37.4 Å². The Bertz CT molecular complexity index is 846. The second-order valence-corrected chi connectivity index (χ2v) is 8.79. The van der Waals surface area contributed by atoms with Crippen LogP contribution in [0.2, 0.25) is 5.02 Å². The maximum absolute atomic E-state index is 13.3. The SMILES string of the molecule is CC12CCCC(Cc3[nH]ncc31)N2S(=O)(=O)c1ccc(Cl)cc1. The molecule has 0 saturated carbocycles. The van der Waals surface area contributed by atoms with Gasteiger partial charge in [0.15, 0.2) is 0 Å². The highest BCUT2D eigenvalue weighted by atomic mass is 35.5. The number of piperidine rings is 1. The zero-order valence-electron chi connectivity index (χ0n) is 12.8. The first-order valence-corrected chi connectivity index (χ1v) is 9.57. The van der Waals surface area contributed by atoms with Gasteiger partial charge in [0, 0.05) is 28.7 Å². The summed E-state index contributed by atoms with van der Waals surface area (Å²) in [5.74, 6) is 0. The number of fused-ring (bicyclic) bond motifs is 4. The maximum Gasteiger partial charge on any atom is 0.244 e. The van der Waals surface area contributed by atoms with Crippen molar-refractivity contribution in [3.05, 3.63) is 46.7 Å². The molecule has 1 N–H and O–H groups in total. The number of hydrogen-bond donors (Lipinski definition) is 1. The molecule has 0 amide bonds. The third kappa shape index (κ3) is 2.16. The van der Waals surface area contributed by atoms with Gasteiger partial charge < -0.3 is 0 Å². The standard InChI is InChI=1S/C16H18ClN3O2S/c1-16-8-2-3-12(9-15-14(16)10-18-19-15)20(16)23(21,22)13-6-4-11(17)5-7-13/h4-7,10,12H,2-3,8-9H2,1H3,(H,18,19). The monoisotopic (exact) mass is 351 g/mol. The van der Waals surface area contributed by atoms with Crippen molar-refractivity contribution in [2.45, 2.75) is 49.1 Å². The number of aromatic nitrogens is 2. The van der Waals surface area contributed by atoms with Gasteiger partial charge in [-0.25, -0.2) is 8.42 Å². The summed E-state index contributed by atoms with van der Waals surface area (Å²) in [6, 6.07) is 6.39. The predicted octanol–water partition coefficient (Wildman–Crippen LogP) is 3.08. The fraction of sp³-hybridized carbons (Fsp3) is 0.438. The van der Waals surface area contributed by atoms with Gasteiger partial charge in [-0.2, -0.15) is 9.40 Å². The Balaban J connectivity index is 1.86. The van der Waals surface area contributed by atoms with Gasteiger partial charge >= 0.3 is 0 Å². The van der Waals surface area contributed by atoms with Gasteiger partial charge in [-0.1, -0.05) is 11.6 Å². The van der Waals surface area contributed by atoms with Crippen LogP contribution in [0.15, 0.2) is 35.4 Å². The van der Waals surface area contributed by atoms with Crippen molar-refractivity contribution < 1.29 is 8.42 Å². The van der Waals surface area contributed by atoms with Gasteiger partial charge in [0.2, 0.25) is 10.0 Å². The summed E-state index contributed by atoms with van der Waals surface area (Å²) < 4.78 is 28.3. The van der Waals surface area contributed by atoms with Crippen molar-refractivity contribution in [2.24, 2.45) is 0 Å². The van der Waals surface area contributed by atoms with E-state index in [0.29, 0.717) is 16.3 Å². The second kappa shape index (κ2) is 5.06. The molecular weight excluding hydrogens is 334 g/mol. The molecule has 1 saturated heterocycles. The van der Waals surface area contributed by atoms with Crippen LogP contribution in [-0.2, 0) is 22.0 Å². The molecule has 2 aromatic rings. The van der Waals surface area contributed by atoms with Gasteiger partial charge in [-0.3, -0.25) is 5.10 Å². The largest absolute Gasteiger partial charge is 0.282 e. The first-order valence-electron chi connectivity index (χ1n) is 7.76. The molecule has 0 spiro atoms. The number of hydrogen-bond acceptors (Lipinski definition) is 3. The highest BCUT2D eigenvalue weighted by Gasteiger charge is 2.52. The molecule has 122 valence electrons. The van der Waals surface area contributed by atoms with E-state index in [0.717, 1.165) is 30.5 Å². The lowest BCUT2D eigenvalue weighted by Gasteiger charge is -2.51. The summed E-state index contributed by atoms with van der Waals surface area (Å²) in [5, 5.41) is 7.72. The van der Waals surface area contributed by atoms with Crippen LogP contribution in [0.3, 0.4) is 0 Å². The number of benzene rings is 1. The van der Waals surface area contributed by atoms with E-state index in [4.69, 9.17) is 11.6 Å². The zero-order valence-corrected chi connectivity index (χ0v) is 14.4. The molecule has 4 rings (SSSR count). The third-order valence-electron chi connectivity index (χ3n) is 5.13. The quantitative estimate of drug-likeness (QED) is 0.904. The van der Waals surface area contributed by atoms with E-state index in [2.05, 4.69) is 10.2 Å². The minimum atomic E-state index is -3.58. The Morgan fingerprint density at radius 2 is 2.09 bits per heavy atom. The number of aromatic amines is 1. The van der Waals surface area contributed by atoms with Gasteiger partial charge in [0.05, 0.1) is 16.6 Å². The molecule has 3 heterocycles. The van der Waals surface area contributed by atoms with Crippen LogP contribution in [0.4, 0.5) is 0 Å². The molecule has 2 aliphatic rings. The highest BCUT2D eigenvalue weighted by Crippen LogP contribution is 2.48. The fourth-order valence-corrected chi connectivity index (χ4v) is 6.23. The molecule has 1 aromatic carbocycles. The number of nitrogens with one attached hydrogen (secondary N) is 1. The van der Waals surface area contributed by atoms with E-state index in [-0.39, 0.29) is 6.04 Å². The molecule has 0 aliphatic carbocycles. The molecule has 7 heteroatoms. The molecule has 1 aromatic heterocycles. The van der Waals surface area contributed by atoms with Crippen LogP contribution in [-0.4, -0.2) is 29.0 Å². The molecule has 5 nitrogen and oxygen atoms in total. The molecule has 2 bridgehead atoms. The number of H-pyrrole nitrogens is 1. The lowest BCUT2D eigenvalue weighted by Crippen LogP contribution is -2.58. The second-order valence-electron chi connectivity index (χ2n) is 6.54. The summed E-state index contributed by atoms with van der Waals surface area (Å²) in [7, 11) is -3.58. The Morgan fingerprint density at radius 3 is 2.83 bits per heavy atom. The van der Waals surface area contributed by atoms with Crippen molar-refractivity contribution in [2.75, 3.05) is 0 Å². The molecule has 23 heavy (non-hydrogen) atoms. The van der Waals surface area contributed by atoms with Gasteiger partial charge in [-0.05, 0) is 50.5 Å². The summed E-state index contributed by atoms with van der Waals surface area (Å²) in [6.45, 7) is 2.01. The predicted molar refractivity (Wildman–Crippen MR) is 87.8 cm³/mol. The van der Waals surface area contributed by atoms with Gasteiger partial charge in [-0.15, -0.1) is 0 Å². The van der Waals surface area contributed by atoms with E-state index in [1.165, 1.54) is 0 Å². The summed E-state index contributed by atoms with van der Waals surface area (Å²) in [4.78, 5) is 0.298. The molecular formula is C16H18ClN3O2S. The van der Waals surface area contributed by atoms with E-state index < -0.39 is 15.6 Å². The van der Waals surface area contributed by atoms with Crippen LogP contribution >= 0.6 is 11.6 Å². The summed E-state index contributed by atoms with van der Waals surface area (Å²) in [5.41, 5.74) is 1.54. The number of halogens is 1. The lowest BCUT2D eigenvalue weighted by molar-refractivity contribution is 0.0781. The van der Waals surface area contributed by atoms with E-state index in [1.807, 2.05) is 6.92 Å². The van der Waals surface area contributed by atoms with E-state index in [9.17, 15) is 8.42 Å². The number of rotatable bonds is 2. The van der Waals surface area contributed by atoms with E-state index in [1.54, 1.807) is 34.8 Å². The molecule has 1 fully saturated rings. The van der Waals surface area contributed by atoms with Gasteiger partial charge in [0.25, 0.3) is 0 Å².